The molecule has 0 amide bonds. The number of allylic oxidation sites excluding steroid dienone is 4. The van der Waals surface area contributed by atoms with E-state index >= 15 is 0 Å². The highest BCUT2D eigenvalue weighted by Crippen LogP contribution is 2.25. The first-order chi connectivity index (χ1) is 5.33. The van der Waals surface area contributed by atoms with Crippen molar-refractivity contribution in [1.29, 1.82) is 0 Å². The van der Waals surface area contributed by atoms with Gasteiger partial charge in [-0.1, -0.05) is 29.5 Å². The summed E-state index contributed by atoms with van der Waals surface area (Å²) in [6.07, 6.45) is 7.42. The number of oxime groups is 1. The van der Waals surface area contributed by atoms with Gasteiger partial charge >= 0.3 is 0 Å². The van der Waals surface area contributed by atoms with Gasteiger partial charge in [-0.05, 0) is 0 Å². The molecule has 0 atom stereocenters. The highest BCUT2D eigenvalue weighted by atomic mass is 16.4. The number of hydrogen-bond donors (Lipinski definition) is 1. The van der Waals surface area contributed by atoms with E-state index in [9.17, 15) is 4.79 Å². The lowest BCUT2D eigenvalue weighted by molar-refractivity contribution is -0.114. The Hall–Kier alpha value is -1.38. The molecule has 1 N–H and O–H groups in total. The maximum Gasteiger partial charge on any atom is 0.191 e. The third-order valence-electron chi connectivity index (χ3n) is 2.03. The lowest BCUT2D eigenvalue weighted by Crippen LogP contribution is -2.34. The Balaban J connectivity index is 2.50. The second kappa shape index (κ2) is 2.05. The summed E-state index contributed by atoms with van der Waals surface area (Å²) in [5.41, 5.74) is 0.264. The number of fused-ring (bicyclic) bond motifs is 1. The molecule has 3 heteroatoms. The molecule has 11 heavy (non-hydrogen) atoms. The van der Waals surface area contributed by atoms with Crippen molar-refractivity contribution >= 4 is 11.5 Å². The molecule has 0 aromatic heterocycles. The van der Waals surface area contributed by atoms with Crippen LogP contribution in [0.1, 0.15) is 0 Å². The van der Waals surface area contributed by atoms with E-state index in [0.717, 1.165) is 0 Å². The fourth-order valence-electron chi connectivity index (χ4n) is 1.42. The number of ketones is 1. The summed E-state index contributed by atoms with van der Waals surface area (Å²) < 4.78 is 0. The van der Waals surface area contributed by atoms with E-state index in [2.05, 4.69) is 5.16 Å². The summed E-state index contributed by atoms with van der Waals surface area (Å²) in [4.78, 5) is 11.2. The van der Waals surface area contributed by atoms with Gasteiger partial charge in [0.05, 0.1) is 5.92 Å². The topological polar surface area (TPSA) is 49.7 Å². The molecule has 0 saturated carbocycles. The van der Waals surface area contributed by atoms with Crippen LogP contribution >= 0.6 is 0 Å². The lowest BCUT2D eigenvalue weighted by atomic mass is 9.79. The third kappa shape index (κ3) is 0.738. The van der Waals surface area contributed by atoms with Gasteiger partial charge in [0, 0.05) is 5.92 Å². The zero-order valence-electron chi connectivity index (χ0n) is 5.77. The van der Waals surface area contributed by atoms with E-state index < -0.39 is 0 Å². The number of rotatable bonds is 0. The number of carbonyl (C=O) groups excluding carboxylic acids is 1. The van der Waals surface area contributed by atoms with Gasteiger partial charge in [0.15, 0.2) is 5.78 Å². The SMILES string of the molecule is O=C1/C(=N\O)C2C=CC1C=C2. The Morgan fingerprint density at radius 1 is 1.18 bits per heavy atom. The van der Waals surface area contributed by atoms with Crippen LogP contribution in [0.4, 0.5) is 0 Å². The minimum Gasteiger partial charge on any atom is -0.411 e. The quantitative estimate of drug-likeness (QED) is 0.314. The standard InChI is InChI=1S/C8H7NO2/c10-8-6-3-1-5(2-4-6)7(8)9-11/h1-6,11H/b9-7-. The first-order valence-electron chi connectivity index (χ1n) is 3.46. The molecule has 0 heterocycles. The molecule has 3 aliphatic rings. The summed E-state index contributed by atoms with van der Waals surface area (Å²) in [5, 5.41) is 11.5. The number of hydrogen-bond acceptors (Lipinski definition) is 3. The van der Waals surface area contributed by atoms with E-state index in [1.165, 1.54) is 0 Å². The van der Waals surface area contributed by atoms with Crippen molar-refractivity contribution in [1.82, 2.24) is 0 Å². The second-order valence-electron chi connectivity index (χ2n) is 2.67. The van der Waals surface area contributed by atoms with Crippen molar-refractivity contribution in [2.75, 3.05) is 0 Å². The van der Waals surface area contributed by atoms with Crippen molar-refractivity contribution in [3.8, 4) is 0 Å². The molecule has 2 bridgehead atoms. The zero-order chi connectivity index (χ0) is 7.84. The molecule has 0 spiro atoms. The van der Waals surface area contributed by atoms with Crippen LogP contribution < -0.4 is 0 Å². The molecule has 0 aliphatic heterocycles. The first-order valence-corrected chi connectivity index (χ1v) is 3.46. The van der Waals surface area contributed by atoms with Crippen LogP contribution in [0.25, 0.3) is 0 Å². The molecule has 0 aromatic rings. The lowest BCUT2D eigenvalue weighted by Gasteiger charge is -2.23. The van der Waals surface area contributed by atoms with Gasteiger partial charge < -0.3 is 5.21 Å². The average molecular weight is 149 g/mol. The summed E-state index contributed by atoms with van der Waals surface area (Å²) >= 11 is 0. The van der Waals surface area contributed by atoms with Crippen LogP contribution in [0.2, 0.25) is 0 Å². The van der Waals surface area contributed by atoms with Crippen LogP contribution in [-0.4, -0.2) is 16.7 Å². The van der Waals surface area contributed by atoms with Gasteiger partial charge in [-0.3, -0.25) is 4.79 Å². The van der Waals surface area contributed by atoms with Crippen molar-refractivity contribution < 1.29 is 10.0 Å². The van der Waals surface area contributed by atoms with Gasteiger partial charge in [-0.15, -0.1) is 0 Å². The predicted molar refractivity (Wildman–Crippen MR) is 39.5 cm³/mol. The normalized spacial score (nSPS) is 37.1. The predicted octanol–water partition coefficient (Wildman–Crippen LogP) is 0.758. The zero-order valence-corrected chi connectivity index (χ0v) is 5.77. The van der Waals surface area contributed by atoms with Crippen LogP contribution in [-0.2, 0) is 4.79 Å². The Kier molecular flexibility index (Phi) is 1.18. The Morgan fingerprint density at radius 3 is 2.09 bits per heavy atom. The van der Waals surface area contributed by atoms with E-state index in [4.69, 9.17) is 5.21 Å². The van der Waals surface area contributed by atoms with Crippen molar-refractivity contribution in [2.45, 2.75) is 0 Å². The summed E-state index contributed by atoms with van der Waals surface area (Å²) in [7, 11) is 0. The molecule has 3 rings (SSSR count). The molecule has 0 radical (unpaired) electrons. The largest absolute Gasteiger partial charge is 0.411 e. The second-order valence-corrected chi connectivity index (χ2v) is 2.67. The van der Waals surface area contributed by atoms with Crippen molar-refractivity contribution in [3.05, 3.63) is 24.3 Å². The molecule has 0 fully saturated rings. The van der Waals surface area contributed by atoms with Crippen LogP contribution in [0.5, 0.6) is 0 Å². The molecule has 56 valence electrons. The van der Waals surface area contributed by atoms with Gasteiger partial charge in [0.25, 0.3) is 0 Å². The molecular formula is C8H7NO2. The van der Waals surface area contributed by atoms with Crippen molar-refractivity contribution in [3.63, 3.8) is 0 Å². The smallest absolute Gasteiger partial charge is 0.191 e. The Bertz CT molecular complexity index is 274. The molecule has 0 saturated heterocycles. The average Bonchev–Trinajstić information content (AvgIpc) is 2.06. The van der Waals surface area contributed by atoms with E-state index in [0.29, 0.717) is 0 Å². The summed E-state index contributed by atoms with van der Waals surface area (Å²) in [5.74, 6) is -0.370. The van der Waals surface area contributed by atoms with E-state index in [1.54, 1.807) is 0 Å². The number of carbonyl (C=O) groups is 1. The van der Waals surface area contributed by atoms with Crippen molar-refractivity contribution in [2.24, 2.45) is 17.0 Å². The van der Waals surface area contributed by atoms with Gasteiger partial charge in [-0.2, -0.15) is 0 Å². The number of Topliss-reactive ketones (excluding diaryl/α,β-unsaturated/α-hetero) is 1. The fraction of sp³-hybridized carbons (Fsp3) is 0.250. The maximum absolute atomic E-state index is 11.2. The van der Waals surface area contributed by atoms with Crippen LogP contribution in [0.3, 0.4) is 0 Å². The van der Waals surface area contributed by atoms with Crippen LogP contribution in [0, 0.1) is 11.8 Å². The molecule has 0 unspecified atom stereocenters. The minimum absolute atomic E-state index is 0.0810. The highest BCUT2D eigenvalue weighted by Gasteiger charge is 2.32. The molecule has 3 nitrogen and oxygen atoms in total. The summed E-state index contributed by atoms with van der Waals surface area (Å²) in [6.45, 7) is 0. The highest BCUT2D eigenvalue weighted by molar-refractivity contribution is 6.44. The third-order valence-corrected chi connectivity index (χ3v) is 2.03. The van der Waals surface area contributed by atoms with E-state index in [-0.39, 0.29) is 23.3 Å². The molecule has 0 aromatic carbocycles. The van der Waals surface area contributed by atoms with E-state index in [1.807, 2.05) is 24.3 Å². The first kappa shape index (κ1) is 6.34. The molecule has 3 aliphatic carbocycles. The van der Waals surface area contributed by atoms with Crippen LogP contribution in [0.15, 0.2) is 29.5 Å². The monoisotopic (exact) mass is 149 g/mol. The maximum atomic E-state index is 11.2. The Labute approximate surface area is 63.7 Å². The fourth-order valence-corrected chi connectivity index (χ4v) is 1.42. The Morgan fingerprint density at radius 2 is 1.73 bits per heavy atom. The summed E-state index contributed by atoms with van der Waals surface area (Å²) in [6, 6.07) is 0. The van der Waals surface area contributed by atoms with Gasteiger partial charge in [-0.25, -0.2) is 0 Å². The van der Waals surface area contributed by atoms with Gasteiger partial charge in [0.1, 0.15) is 5.71 Å². The number of nitrogens with zero attached hydrogens (tertiary/aromatic N) is 1. The minimum atomic E-state index is -0.189. The molecular weight excluding hydrogens is 142 g/mol. The van der Waals surface area contributed by atoms with Gasteiger partial charge in [0.2, 0.25) is 0 Å².